The highest BCUT2D eigenvalue weighted by Crippen LogP contribution is 2.19. The maximum Gasteiger partial charge on any atom is 0.254 e. The Hall–Kier alpha value is -2.15. The first-order valence-electron chi connectivity index (χ1n) is 8.46. The van der Waals surface area contributed by atoms with Crippen LogP contribution < -0.4 is 10.2 Å². The van der Waals surface area contributed by atoms with Crippen LogP contribution in [0.1, 0.15) is 23.1 Å². The van der Waals surface area contributed by atoms with Crippen molar-refractivity contribution in [3.8, 4) is 0 Å². The van der Waals surface area contributed by atoms with E-state index in [-0.39, 0.29) is 5.91 Å². The second-order valence-corrected chi connectivity index (χ2v) is 6.89. The lowest BCUT2D eigenvalue weighted by molar-refractivity contribution is 0.0746. The van der Waals surface area contributed by atoms with Gasteiger partial charge in [0.05, 0.1) is 0 Å². The monoisotopic (exact) mass is 403 g/mol. The number of aromatic nitrogens is 2. The van der Waals surface area contributed by atoms with Gasteiger partial charge in [-0.15, -0.1) is 0 Å². The molecule has 3 rings (SSSR count). The summed E-state index contributed by atoms with van der Waals surface area (Å²) in [7, 11) is 0. The van der Waals surface area contributed by atoms with Gasteiger partial charge in [0.1, 0.15) is 17.5 Å². The van der Waals surface area contributed by atoms with Crippen LogP contribution in [0.2, 0.25) is 0 Å². The molecule has 1 saturated heterocycles. The molecule has 6 nitrogen and oxygen atoms in total. The molecule has 1 aliphatic heterocycles. The van der Waals surface area contributed by atoms with E-state index in [0.29, 0.717) is 13.1 Å². The number of nitrogens with zero attached hydrogens (tertiary/aromatic N) is 4. The normalized spacial score (nSPS) is 14.5. The third-order valence-electron chi connectivity index (χ3n) is 4.14. The van der Waals surface area contributed by atoms with Crippen LogP contribution in [0.4, 0.5) is 11.6 Å². The van der Waals surface area contributed by atoms with Gasteiger partial charge in [0.15, 0.2) is 0 Å². The minimum Gasteiger partial charge on any atom is -0.370 e. The molecule has 1 aromatic heterocycles. The zero-order chi connectivity index (χ0) is 17.8. The van der Waals surface area contributed by atoms with Crippen LogP contribution in [-0.2, 0) is 0 Å². The van der Waals surface area contributed by atoms with Gasteiger partial charge >= 0.3 is 0 Å². The molecule has 0 unspecified atom stereocenters. The number of nitrogens with one attached hydrogen (secondary N) is 1. The lowest BCUT2D eigenvalue weighted by atomic mass is 10.2. The first-order valence-corrected chi connectivity index (χ1v) is 9.25. The average Bonchev–Trinajstić information content (AvgIpc) is 2.61. The van der Waals surface area contributed by atoms with Crippen LogP contribution in [-0.4, -0.2) is 53.5 Å². The Morgan fingerprint density at radius 1 is 1.20 bits per heavy atom. The molecule has 0 bridgehead atoms. The van der Waals surface area contributed by atoms with Crippen LogP contribution in [0.15, 0.2) is 34.8 Å². The SMILES string of the molecule is CCNc1cc(N2CCN(C(=O)c3cccc(Br)c3)CC2)nc(C)n1. The van der Waals surface area contributed by atoms with Crippen LogP contribution in [0.5, 0.6) is 0 Å². The molecule has 0 aliphatic carbocycles. The number of rotatable bonds is 4. The number of carbonyl (C=O) groups excluding carboxylic acids is 1. The molecule has 0 atom stereocenters. The molecule has 1 amide bonds. The van der Waals surface area contributed by atoms with E-state index in [1.165, 1.54) is 0 Å². The molecule has 2 heterocycles. The van der Waals surface area contributed by atoms with Gasteiger partial charge in [-0.05, 0) is 32.0 Å². The standard InChI is InChI=1S/C18H22BrN5O/c1-3-20-16-12-17(22-13(2)21-16)23-7-9-24(10-8-23)18(25)14-5-4-6-15(19)11-14/h4-6,11-12H,3,7-10H2,1-2H3,(H,20,21,22). The number of aryl methyl sites for hydroxylation is 1. The van der Waals surface area contributed by atoms with Crippen LogP contribution in [0.3, 0.4) is 0 Å². The van der Waals surface area contributed by atoms with Crippen LogP contribution in [0.25, 0.3) is 0 Å². The predicted molar refractivity (Wildman–Crippen MR) is 103 cm³/mol. The fraction of sp³-hybridized carbons (Fsp3) is 0.389. The number of hydrogen-bond donors (Lipinski definition) is 1. The Morgan fingerprint density at radius 3 is 2.64 bits per heavy atom. The summed E-state index contributed by atoms with van der Waals surface area (Å²) in [6.07, 6.45) is 0. The Morgan fingerprint density at radius 2 is 1.96 bits per heavy atom. The van der Waals surface area contributed by atoms with Crippen molar-refractivity contribution in [2.24, 2.45) is 0 Å². The quantitative estimate of drug-likeness (QED) is 0.849. The molecular weight excluding hydrogens is 382 g/mol. The molecule has 0 radical (unpaired) electrons. The summed E-state index contributed by atoms with van der Waals surface area (Å²) in [5.41, 5.74) is 0.718. The van der Waals surface area contributed by atoms with Gasteiger partial charge in [0.25, 0.3) is 5.91 Å². The van der Waals surface area contributed by atoms with E-state index in [0.717, 1.165) is 47.1 Å². The predicted octanol–water partition coefficient (Wildman–Crippen LogP) is 2.94. The van der Waals surface area contributed by atoms with Crippen molar-refractivity contribution in [3.05, 3.63) is 46.2 Å². The fourth-order valence-electron chi connectivity index (χ4n) is 2.93. The molecule has 1 aromatic carbocycles. The Balaban J connectivity index is 1.66. The summed E-state index contributed by atoms with van der Waals surface area (Å²) in [6, 6.07) is 9.51. The average molecular weight is 404 g/mol. The van der Waals surface area contributed by atoms with Crippen molar-refractivity contribution in [2.45, 2.75) is 13.8 Å². The molecule has 2 aromatic rings. The molecule has 25 heavy (non-hydrogen) atoms. The van der Waals surface area contributed by atoms with Crippen molar-refractivity contribution in [3.63, 3.8) is 0 Å². The number of piperazine rings is 1. The summed E-state index contributed by atoms with van der Waals surface area (Å²) in [4.78, 5) is 25.7. The fourth-order valence-corrected chi connectivity index (χ4v) is 3.33. The van der Waals surface area contributed by atoms with Gasteiger partial charge in [-0.1, -0.05) is 22.0 Å². The summed E-state index contributed by atoms with van der Waals surface area (Å²) in [5, 5.41) is 3.23. The summed E-state index contributed by atoms with van der Waals surface area (Å²) < 4.78 is 0.921. The van der Waals surface area contributed by atoms with Crippen LogP contribution in [0, 0.1) is 6.92 Å². The Bertz CT molecular complexity index is 759. The minimum atomic E-state index is 0.0770. The number of amides is 1. The maximum absolute atomic E-state index is 12.6. The number of benzene rings is 1. The molecule has 0 spiro atoms. The Kier molecular flexibility index (Phi) is 5.53. The van der Waals surface area contributed by atoms with E-state index in [1.54, 1.807) is 0 Å². The third-order valence-corrected chi connectivity index (χ3v) is 4.64. The van der Waals surface area contributed by atoms with Crippen molar-refractivity contribution in [1.29, 1.82) is 0 Å². The minimum absolute atomic E-state index is 0.0770. The van der Waals surface area contributed by atoms with Gasteiger partial charge in [-0.2, -0.15) is 0 Å². The lowest BCUT2D eigenvalue weighted by Gasteiger charge is -2.35. The number of halogens is 1. The zero-order valence-corrected chi connectivity index (χ0v) is 16.1. The van der Waals surface area contributed by atoms with Gasteiger partial charge in [0.2, 0.25) is 0 Å². The van der Waals surface area contributed by atoms with Crippen molar-refractivity contribution >= 4 is 33.5 Å². The van der Waals surface area contributed by atoms with E-state index < -0.39 is 0 Å². The Labute approximate surface area is 156 Å². The van der Waals surface area contributed by atoms with Crippen molar-refractivity contribution in [2.75, 3.05) is 42.9 Å². The highest BCUT2D eigenvalue weighted by atomic mass is 79.9. The van der Waals surface area contributed by atoms with Crippen molar-refractivity contribution in [1.82, 2.24) is 14.9 Å². The summed E-state index contributed by atoms with van der Waals surface area (Å²) in [5.74, 6) is 2.59. The molecule has 0 saturated carbocycles. The largest absolute Gasteiger partial charge is 0.370 e. The molecular formula is C18H22BrN5O. The van der Waals surface area contributed by atoms with Gasteiger partial charge in [0, 0.05) is 48.8 Å². The lowest BCUT2D eigenvalue weighted by Crippen LogP contribution is -2.49. The van der Waals surface area contributed by atoms with E-state index in [4.69, 9.17) is 0 Å². The van der Waals surface area contributed by atoms with Crippen LogP contribution >= 0.6 is 15.9 Å². The second kappa shape index (κ2) is 7.82. The van der Waals surface area contributed by atoms with E-state index in [1.807, 2.05) is 49.1 Å². The van der Waals surface area contributed by atoms with E-state index >= 15 is 0 Å². The smallest absolute Gasteiger partial charge is 0.254 e. The molecule has 7 heteroatoms. The first kappa shape index (κ1) is 17.7. The first-order chi connectivity index (χ1) is 12.1. The molecule has 1 aliphatic rings. The van der Waals surface area contributed by atoms with Gasteiger partial charge < -0.3 is 15.1 Å². The van der Waals surface area contributed by atoms with E-state index in [2.05, 4.69) is 36.1 Å². The van der Waals surface area contributed by atoms with Gasteiger partial charge in [-0.25, -0.2) is 9.97 Å². The molecule has 1 fully saturated rings. The highest BCUT2D eigenvalue weighted by molar-refractivity contribution is 9.10. The van der Waals surface area contributed by atoms with Gasteiger partial charge in [-0.3, -0.25) is 4.79 Å². The number of hydrogen-bond acceptors (Lipinski definition) is 5. The maximum atomic E-state index is 12.6. The highest BCUT2D eigenvalue weighted by Gasteiger charge is 2.23. The molecule has 1 N–H and O–H groups in total. The summed E-state index contributed by atoms with van der Waals surface area (Å²) >= 11 is 3.42. The van der Waals surface area contributed by atoms with E-state index in [9.17, 15) is 4.79 Å². The van der Waals surface area contributed by atoms with Crippen molar-refractivity contribution < 1.29 is 4.79 Å². The molecule has 132 valence electrons. The number of anilines is 2. The third kappa shape index (κ3) is 4.28. The number of carbonyl (C=O) groups is 1. The second-order valence-electron chi connectivity index (χ2n) is 5.98. The zero-order valence-electron chi connectivity index (χ0n) is 14.5. The summed E-state index contributed by atoms with van der Waals surface area (Å²) in [6.45, 7) is 7.67. The topological polar surface area (TPSA) is 61.4 Å².